The van der Waals surface area contributed by atoms with Crippen LogP contribution < -0.4 is 4.74 Å². The molecule has 0 aromatic heterocycles. The molecule has 5 rings (SSSR count). The molecule has 31 heavy (non-hydrogen) atoms. The summed E-state index contributed by atoms with van der Waals surface area (Å²) < 4.78 is 5.64. The Morgan fingerprint density at radius 3 is 1.71 bits per heavy atom. The zero-order valence-corrected chi connectivity index (χ0v) is 17.3. The van der Waals surface area contributed by atoms with Crippen LogP contribution in [0, 0.1) is 11.3 Å². The first-order chi connectivity index (χ1) is 15.3. The van der Waals surface area contributed by atoms with Gasteiger partial charge in [-0.2, -0.15) is 5.26 Å². The third-order valence-electron chi connectivity index (χ3n) is 5.67. The number of nitrogens with zero attached hydrogens (tertiary/aromatic N) is 1. The molecule has 0 unspecified atom stereocenters. The maximum atomic E-state index is 9.43. The molecule has 0 amide bonds. The van der Waals surface area contributed by atoms with E-state index >= 15 is 0 Å². The summed E-state index contributed by atoms with van der Waals surface area (Å²) in [5, 5.41) is 14.2. The van der Waals surface area contributed by atoms with Crippen molar-refractivity contribution in [3.63, 3.8) is 0 Å². The van der Waals surface area contributed by atoms with Crippen LogP contribution in [0.2, 0.25) is 0 Å². The molecular formula is C29H21NO. The van der Waals surface area contributed by atoms with Crippen LogP contribution in [0.25, 0.3) is 43.8 Å². The third-order valence-corrected chi connectivity index (χ3v) is 5.67. The molecule has 0 aliphatic carbocycles. The average Bonchev–Trinajstić information content (AvgIpc) is 2.83. The highest BCUT2D eigenvalue weighted by Crippen LogP contribution is 2.43. The largest absolute Gasteiger partial charge is 0.494 e. The van der Waals surface area contributed by atoms with Gasteiger partial charge in [0, 0.05) is 0 Å². The first kappa shape index (κ1) is 18.9. The van der Waals surface area contributed by atoms with E-state index in [1.165, 1.54) is 27.1 Å². The van der Waals surface area contributed by atoms with E-state index in [2.05, 4.69) is 72.8 Å². The summed E-state index contributed by atoms with van der Waals surface area (Å²) in [5.74, 6) is 0.879. The van der Waals surface area contributed by atoms with E-state index in [1.807, 2.05) is 37.3 Å². The van der Waals surface area contributed by atoms with Gasteiger partial charge in [0.2, 0.25) is 0 Å². The molecule has 0 radical (unpaired) electrons. The molecule has 0 bridgehead atoms. The lowest BCUT2D eigenvalue weighted by molar-refractivity contribution is 0.340. The second-order valence-electron chi connectivity index (χ2n) is 7.49. The quantitative estimate of drug-likeness (QED) is 0.292. The molecule has 5 aromatic rings. The zero-order chi connectivity index (χ0) is 21.2. The summed E-state index contributed by atoms with van der Waals surface area (Å²) in [4.78, 5) is 0. The van der Waals surface area contributed by atoms with Crippen molar-refractivity contribution < 1.29 is 4.74 Å². The SMILES string of the molecule is CCOc1ccc(-c2c3ccccc3c(-c3cccc(C#N)c3)c3ccccc23)cc1. The second kappa shape index (κ2) is 7.97. The van der Waals surface area contributed by atoms with Gasteiger partial charge < -0.3 is 4.74 Å². The van der Waals surface area contributed by atoms with Crippen LogP contribution in [0.3, 0.4) is 0 Å². The number of hydrogen-bond donors (Lipinski definition) is 0. The Labute approximate surface area is 182 Å². The van der Waals surface area contributed by atoms with Gasteiger partial charge in [-0.25, -0.2) is 0 Å². The fourth-order valence-corrected chi connectivity index (χ4v) is 4.38. The predicted octanol–water partition coefficient (Wildman–Crippen LogP) is 7.60. The molecule has 0 fully saturated rings. The first-order valence-corrected chi connectivity index (χ1v) is 10.5. The Bertz CT molecular complexity index is 1390. The van der Waals surface area contributed by atoms with Crippen molar-refractivity contribution in [3.8, 4) is 34.1 Å². The van der Waals surface area contributed by atoms with Crippen LogP contribution in [-0.2, 0) is 0 Å². The summed E-state index contributed by atoms with van der Waals surface area (Å²) in [6.45, 7) is 2.65. The van der Waals surface area contributed by atoms with Crippen LogP contribution in [0.1, 0.15) is 12.5 Å². The van der Waals surface area contributed by atoms with E-state index in [4.69, 9.17) is 4.74 Å². The Balaban J connectivity index is 1.87. The minimum Gasteiger partial charge on any atom is -0.494 e. The molecule has 0 spiro atoms. The van der Waals surface area contributed by atoms with Gasteiger partial charge in [0.15, 0.2) is 0 Å². The molecule has 0 heterocycles. The van der Waals surface area contributed by atoms with Gasteiger partial charge >= 0.3 is 0 Å². The highest BCUT2D eigenvalue weighted by atomic mass is 16.5. The molecule has 2 nitrogen and oxygen atoms in total. The first-order valence-electron chi connectivity index (χ1n) is 10.5. The van der Waals surface area contributed by atoms with E-state index in [0.29, 0.717) is 12.2 Å². The number of ether oxygens (including phenoxy) is 1. The van der Waals surface area contributed by atoms with Crippen molar-refractivity contribution in [2.45, 2.75) is 6.92 Å². The predicted molar refractivity (Wildman–Crippen MR) is 128 cm³/mol. The number of rotatable bonds is 4. The molecule has 0 saturated heterocycles. The molecular weight excluding hydrogens is 378 g/mol. The molecule has 0 aliphatic heterocycles. The van der Waals surface area contributed by atoms with Gasteiger partial charge in [0.05, 0.1) is 18.2 Å². The summed E-state index contributed by atoms with van der Waals surface area (Å²) in [6.07, 6.45) is 0. The van der Waals surface area contributed by atoms with Crippen molar-refractivity contribution >= 4 is 21.5 Å². The fraction of sp³-hybridized carbons (Fsp3) is 0.0690. The van der Waals surface area contributed by atoms with Crippen molar-refractivity contribution in [2.24, 2.45) is 0 Å². The van der Waals surface area contributed by atoms with Gasteiger partial charge in [-0.05, 0) is 75.0 Å². The van der Waals surface area contributed by atoms with Gasteiger partial charge in [-0.3, -0.25) is 0 Å². The Hall–Kier alpha value is -4.09. The number of fused-ring (bicyclic) bond motifs is 2. The molecule has 5 aromatic carbocycles. The van der Waals surface area contributed by atoms with Crippen molar-refractivity contribution in [2.75, 3.05) is 6.61 Å². The molecule has 148 valence electrons. The maximum Gasteiger partial charge on any atom is 0.119 e. The number of nitriles is 1. The van der Waals surface area contributed by atoms with E-state index in [1.54, 1.807) is 0 Å². The van der Waals surface area contributed by atoms with E-state index in [-0.39, 0.29) is 0 Å². The zero-order valence-electron chi connectivity index (χ0n) is 17.3. The number of hydrogen-bond acceptors (Lipinski definition) is 2. The third kappa shape index (κ3) is 3.31. The van der Waals surface area contributed by atoms with Crippen LogP contribution >= 0.6 is 0 Å². The lowest BCUT2D eigenvalue weighted by Gasteiger charge is -2.18. The van der Waals surface area contributed by atoms with Gasteiger partial charge in [-0.1, -0.05) is 72.8 Å². The standard InChI is InChI=1S/C29H21NO/c1-2-31-23-16-14-21(15-17-23)28-24-10-3-5-12-26(24)29(27-13-6-4-11-25(27)28)22-9-7-8-20(18-22)19-30/h3-18H,2H2,1H3. The van der Waals surface area contributed by atoms with Crippen molar-refractivity contribution in [3.05, 3.63) is 103 Å². The second-order valence-corrected chi connectivity index (χ2v) is 7.49. The van der Waals surface area contributed by atoms with Crippen LogP contribution in [-0.4, -0.2) is 6.61 Å². The molecule has 0 atom stereocenters. The minimum atomic E-state index is 0.654. The van der Waals surface area contributed by atoms with E-state index < -0.39 is 0 Å². The normalized spacial score (nSPS) is 10.8. The van der Waals surface area contributed by atoms with Crippen LogP contribution in [0.4, 0.5) is 0 Å². The fourth-order valence-electron chi connectivity index (χ4n) is 4.38. The average molecular weight is 399 g/mol. The monoisotopic (exact) mass is 399 g/mol. The van der Waals surface area contributed by atoms with Gasteiger partial charge in [-0.15, -0.1) is 0 Å². The maximum absolute atomic E-state index is 9.43. The van der Waals surface area contributed by atoms with Gasteiger partial charge in [0.1, 0.15) is 5.75 Å². The summed E-state index contributed by atoms with van der Waals surface area (Å²) in [6, 6.07) is 35.5. The highest BCUT2D eigenvalue weighted by molar-refractivity contribution is 6.21. The summed E-state index contributed by atoms with van der Waals surface area (Å²) in [5.41, 5.74) is 5.27. The van der Waals surface area contributed by atoms with E-state index in [0.717, 1.165) is 22.4 Å². The molecule has 0 saturated carbocycles. The smallest absolute Gasteiger partial charge is 0.119 e. The van der Waals surface area contributed by atoms with Crippen LogP contribution in [0.5, 0.6) is 5.75 Å². The van der Waals surface area contributed by atoms with Crippen molar-refractivity contribution in [1.29, 1.82) is 5.26 Å². The molecule has 0 aliphatic rings. The lowest BCUT2D eigenvalue weighted by Crippen LogP contribution is -1.92. The summed E-state index contributed by atoms with van der Waals surface area (Å²) >= 11 is 0. The van der Waals surface area contributed by atoms with Gasteiger partial charge in [0.25, 0.3) is 0 Å². The molecule has 0 N–H and O–H groups in total. The Kier molecular flexibility index (Phi) is 4.86. The van der Waals surface area contributed by atoms with Crippen LogP contribution in [0.15, 0.2) is 97.1 Å². The Morgan fingerprint density at radius 2 is 1.19 bits per heavy atom. The topological polar surface area (TPSA) is 33.0 Å². The van der Waals surface area contributed by atoms with E-state index in [9.17, 15) is 5.26 Å². The molecule has 2 heteroatoms. The number of benzene rings is 5. The minimum absolute atomic E-state index is 0.654. The Morgan fingerprint density at radius 1 is 0.645 bits per heavy atom. The summed E-state index contributed by atoms with van der Waals surface area (Å²) in [7, 11) is 0. The highest BCUT2D eigenvalue weighted by Gasteiger charge is 2.16. The van der Waals surface area contributed by atoms with Crippen molar-refractivity contribution in [1.82, 2.24) is 0 Å². The lowest BCUT2D eigenvalue weighted by atomic mass is 9.86.